The molecule has 7 heteroatoms. The Kier molecular flexibility index (Phi) is 13.0. The summed E-state index contributed by atoms with van der Waals surface area (Å²) in [4.78, 5) is 0. The maximum Gasteiger partial charge on any atom is 0.416 e. The van der Waals surface area contributed by atoms with Gasteiger partial charge in [-0.2, -0.15) is 26.3 Å². The Morgan fingerprint density at radius 3 is 1.59 bits per heavy atom. The normalized spacial score (nSPS) is 13.9. The first-order valence-electron chi connectivity index (χ1n) is 12.8. The monoisotopic (exact) mass is 496 g/mol. The van der Waals surface area contributed by atoms with E-state index in [1.807, 2.05) is 0 Å². The van der Waals surface area contributed by atoms with E-state index in [9.17, 15) is 26.3 Å². The van der Waals surface area contributed by atoms with Gasteiger partial charge >= 0.3 is 12.4 Å². The molecule has 0 aliphatic rings. The molecule has 0 amide bonds. The van der Waals surface area contributed by atoms with Crippen LogP contribution in [0.5, 0.6) is 0 Å². The number of benzene rings is 1. The van der Waals surface area contributed by atoms with Crippen LogP contribution in [0.2, 0.25) is 0 Å². The van der Waals surface area contributed by atoms with Crippen molar-refractivity contribution < 1.29 is 31.1 Å². The Balaban J connectivity index is 2.81. The van der Waals surface area contributed by atoms with Crippen LogP contribution in [0.25, 0.3) is 0 Å². The highest BCUT2D eigenvalue weighted by Crippen LogP contribution is 2.38. The fourth-order valence-electron chi connectivity index (χ4n) is 5.01. The number of alkyl halides is 6. The van der Waals surface area contributed by atoms with E-state index in [4.69, 9.17) is 4.74 Å². The summed E-state index contributed by atoms with van der Waals surface area (Å²) < 4.78 is 84.6. The van der Waals surface area contributed by atoms with E-state index in [-0.39, 0.29) is 23.7 Å². The van der Waals surface area contributed by atoms with Crippen molar-refractivity contribution in [1.29, 1.82) is 0 Å². The number of aryl methyl sites for hydroxylation is 1. The predicted octanol–water partition coefficient (Wildman–Crippen LogP) is 10.0. The molecular formula is C27H42F6O. The summed E-state index contributed by atoms with van der Waals surface area (Å²) in [6.45, 7) is 6.42. The van der Waals surface area contributed by atoms with Crippen molar-refractivity contribution in [2.75, 3.05) is 7.11 Å². The molecule has 0 spiro atoms. The quantitative estimate of drug-likeness (QED) is 0.163. The molecule has 1 atom stereocenters. The fraction of sp³-hybridized carbons (Fsp3) is 0.778. The number of hydrogen-bond donors (Lipinski definition) is 0. The summed E-state index contributed by atoms with van der Waals surface area (Å²) in [7, 11) is 1.74. The second kappa shape index (κ2) is 14.4. The standard InChI is InChI=1S/C27H42F6O/c1-5-8-9-10-11-12-16-22(25(6-2,7-3)34-4)17-14-13-15-21-18-23(26(28,29)30)20-24(19-21)27(31,32)33/h18-20,22H,5-17H2,1-4H3. The van der Waals surface area contributed by atoms with Crippen LogP contribution >= 0.6 is 0 Å². The first-order chi connectivity index (χ1) is 15.9. The van der Waals surface area contributed by atoms with Crippen LogP contribution in [0.15, 0.2) is 18.2 Å². The third kappa shape index (κ3) is 9.79. The molecule has 1 nitrogen and oxygen atoms in total. The predicted molar refractivity (Wildman–Crippen MR) is 126 cm³/mol. The molecule has 1 aromatic rings. The largest absolute Gasteiger partial charge is 0.416 e. The fourth-order valence-corrected chi connectivity index (χ4v) is 5.01. The summed E-state index contributed by atoms with van der Waals surface area (Å²) in [6, 6.07) is 1.89. The van der Waals surface area contributed by atoms with Crippen LogP contribution in [0, 0.1) is 5.92 Å². The lowest BCUT2D eigenvalue weighted by Gasteiger charge is -2.39. The second-order valence-corrected chi connectivity index (χ2v) is 9.39. The molecule has 1 aromatic carbocycles. The van der Waals surface area contributed by atoms with Crippen molar-refractivity contribution in [3.05, 3.63) is 34.9 Å². The Morgan fingerprint density at radius 1 is 0.676 bits per heavy atom. The van der Waals surface area contributed by atoms with Crippen molar-refractivity contribution in [3.63, 3.8) is 0 Å². The van der Waals surface area contributed by atoms with Crippen LogP contribution in [-0.2, 0) is 23.5 Å². The highest BCUT2D eigenvalue weighted by Gasteiger charge is 2.37. The zero-order valence-corrected chi connectivity index (χ0v) is 21.2. The van der Waals surface area contributed by atoms with Crippen molar-refractivity contribution >= 4 is 0 Å². The average molecular weight is 497 g/mol. The molecule has 0 fully saturated rings. The molecule has 0 heterocycles. The molecule has 0 aromatic heterocycles. The minimum absolute atomic E-state index is 0.0820. The Labute approximate surface area is 201 Å². The van der Waals surface area contributed by atoms with Crippen LogP contribution in [0.4, 0.5) is 26.3 Å². The molecule has 0 saturated heterocycles. The molecule has 1 unspecified atom stereocenters. The lowest BCUT2D eigenvalue weighted by molar-refractivity contribution is -0.143. The highest BCUT2D eigenvalue weighted by atomic mass is 19.4. The molecule has 1 rings (SSSR count). The van der Waals surface area contributed by atoms with Crippen LogP contribution < -0.4 is 0 Å². The summed E-state index contributed by atoms with van der Waals surface area (Å²) >= 11 is 0. The Bertz CT molecular complexity index is 651. The van der Waals surface area contributed by atoms with Crippen molar-refractivity contribution in [2.45, 2.75) is 122 Å². The molecule has 0 aliphatic heterocycles. The van der Waals surface area contributed by atoms with Gasteiger partial charge in [-0.05, 0) is 68.2 Å². The summed E-state index contributed by atoms with van der Waals surface area (Å²) in [5, 5.41) is 0. The van der Waals surface area contributed by atoms with E-state index in [0.29, 0.717) is 12.3 Å². The average Bonchev–Trinajstić information content (AvgIpc) is 2.78. The van der Waals surface area contributed by atoms with Gasteiger partial charge in [0.05, 0.1) is 16.7 Å². The smallest absolute Gasteiger partial charge is 0.378 e. The van der Waals surface area contributed by atoms with Gasteiger partial charge < -0.3 is 4.74 Å². The van der Waals surface area contributed by atoms with Crippen molar-refractivity contribution in [1.82, 2.24) is 0 Å². The van der Waals surface area contributed by atoms with Crippen LogP contribution in [0.3, 0.4) is 0 Å². The Morgan fingerprint density at radius 2 is 1.15 bits per heavy atom. The van der Waals surface area contributed by atoms with Gasteiger partial charge in [0, 0.05) is 7.11 Å². The summed E-state index contributed by atoms with van der Waals surface area (Å²) in [5.74, 6) is 0.325. The molecule has 0 N–H and O–H groups in total. The minimum atomic E-state index is -4.81. The molecule has 34 heavy (non-hydrogen) atoms. The van der Waals surface area contributed by atoms with Crippen LogP contribution in [0.1, 0.15) is 115 Å². The zero-order chi connectivity index (χ0) is 25.8. The lowest BCUT2D eigenvalue weighted by Crippen LogP contribution is -2.39. The number of ether oxygens (including phenoxy) is 1. The van der Waals surface area contributed by atoms with E-state index < -0.39 is 23.5 Å². The topological polar surface area (TPSA) is 9.23 Å². The van der Waals surface area contributed by atoms with E-state index in [2.05, 4.69) is 20.8 Å². The molecule has 0 aliphatic carbocycles. The van der Waals surface area contributed by atoms with Gasteiger partial charge in [-0.15, -0.1) is 0 Å². The van der Waals surface area contributed by atoms with E-state index >= 15 is 0 Å². The summed E-state index contributed by atoms with van der Waals surface area (Å²) in [5.41, 5.74) is -2.64. The molecule has 0 bridgehead atoms. The van der Waals surface area contributed by atoms with E-state index in [0.717, 1.165) is 50.7 Å². The lowest BCUT2D eigenvalue weighted by atomic mass is 9.76. The number of hydrogen-bond acceptors (Lipinski definition) is 1. The molecular weight excluding hydrogens is 454 g/mol. The zero-order valence-electron chi connectivity index (χ0n) is 21.2. The van der Waals surface area contributed by atoms with E-state index in [1.165, 1.54) is 32.1 Å². The maximum atomic E-state index is 13.1. The van der Waals surface area contributed by atoms with Gasteiger partial charge in [0.2, 0.25) is 0 Å². The third-order valence-corrected chi connectivity index (χ3v) is 7.17. The van der Waals surface area contributed by atoms with E-state index in [1.54, 1.807) is 7.11 Å². The highest BCUT2D eigenvalue weighted by molar-refractivity contribution is 5.33. The number of unbranched alkanes of at least 4 members (excludes halogenated alkanes) is 6. The first-order valence-corrected chi connectivity index (χ1v) is 12.8. The van der Waals surface area contributed by atoms with Crippen molar-refractivity contribution in [2.24, 2.45) is 5.92 Å². The number of rotatable bonds is 16. The maximum absolute atomic E-state index is 13.1. The summed E-state index contributed by atoms with van der Waals surface area (Å²) in [6.07, 6.45) is 2.71. The van der Waals surface area contributed by atoms with Gasteiger partial charge in [0.15, 0.2) is 0 Å². The number of halogens is 6. The number of methoxy groups -OCH3 is 1. The molecule has 198 valence electrons. The van der Waals surface area contributed by atoms with Gasteiger partial charge in [-0.1, -0.05) is 65.7 Å². The van der Waals surface area contributed by atoms with Crippen molar-refractivity contribution in [3.8, 4) is 0 Å². The first kappa shape index (κ1) is 30.8. The molecule has 0 saturated carbocycles. The second-order valence-electron chi connectivity index (χ2n) is 9.39. The van der Waals surface area contributed by atoms with Crippen LogP contribution in [-0.4, -0.2) is 12.7 Å². The molecule has 0 radical (unpaired) electrons. The van der Waals surface area contributed by atoms with Gasteiger partial charge in [0.1, 0.15) is 0 Å². The van der Waals surface area contributed by atoms with Gasteiger partial charge in [0.25, 0.3) is 0 Å². The van der Waals surface area contributed by atoms with Gasteiger partial charge in [-0.25, -0.2) is 0 Å². The Hall–Kier alpha value is -1.24. The van der Waals surface area contributed by atoms with Gasteiger partial charge in [-0.3, -0.25) is 0 Å². The minimum Gasteiger partial charge on any atom is -0.378 e. The third-order valence-electron chi connectivity index (χ3n) is 7.17. The SMILES string of the molecule is CCCCCCCCC(CCCCc1cc(C(F)(F)F)cc(C(F)(F)F)c1)C(CC)(CC)OC.